The van der Waals surface area contributed by atoms with Gasteiger partial charge in [0.15, 0.2) is 0 Å². The van der Waals surface area contributed by atoms with Gasteiger partial charge in [-0.3, -0.25) is 0 Å². The second-order valence-electron chi connectivity index (χ2n) is 5.32. The van der Waals surface area contributed by atoms with Crippen LogP contribution in [0.3, 0.4) is 0 Å². The fraction of sp³-hybridized carbons (Fsp3) is 0.571. The summed E-state index contributed by atoms with van der Waals surface area (Å²) in [7, 11) is -3.38. The molecule has 0 bridgehead atoms. The summed E-state index contributed by atoms with van der Waals surface area (Å²) in [4.78, 5) is 0.313. The SMILES string of the molecule is CCCC1CCN(S(=O)(=O)c2ccc(C)c(N)c2)C1. The van der Waals surface area contributed by atoms with Crippen molar-refractivity contribution in [2.75, 3.05) is 18.8 Å². The van der Waals surface area contributed by atoms with Crippen molar-refractivity contribution >= 4 is 15.7 Å². The number of hydrogen-bond acceptors (Lipinski definition) is 3. The zero-order valence-corrected chi connectivity index (χ0v) is 12.4. The number of sulfonamides is 1. The lowest BCUT2D eigenvalue weighted by Crippen LogP contribution is -2.29. The Kier molecular flexibility index (Phi) is 4.16. The van der Waals surface area contributed by atoms with Crippen molar-refractivity contribution in [3.63, 3.8) is 0 Å². The number of nitrogen functional groups attached to an aromatic ring is 1. The lowest BCUT2D eigenvalue weighted by atomic mass is 10.0. The third-order valence-corrected chi connectivity index (χ3v) is 5.70. The number of anilines is 1. The van der Waals surface area contributed by atoms with Crippen LogP contribution in [0.1, 0.15) is 31.7 Å². The van der Waals surface area contributed by atoms with E-state index in [0.29, 0.717) is 29.6 Å². The van der Waals surface area contributed by atoms with Crippen molar-refractivity contribution in [1.29, 1.82) is 0 Å². The first kappa shape index (κ1) is 14.3. The number of nitrogens with two attached hydrogens (primary N) is 1. The van der Waals surface area contributed by atoms with E-state index < -0.39 is 10.0 Å². The van der Waals surface area contributed by atoms with Gasteiger partial charge in [0.05, 0.1) is 4.90 Å². The third kappa shape index (κ3) is 2.92. The van der Waals surface area contributed by atoms with Gasteiger partial charge in [0, 0.05) is 18.8 Å². The van der Waals surface area contributed by atoms with Crippen molar-refractivity contribution in [3.05, 3.63) is 23.8 Å². The Labute approximate surface area is 115 Å². The molecule has 0 spiro atoms. The Hall–Kier alpha value is -1.07. The van der Waals surface area contributed by atoms with Crippen molar-refractivity contribution < 1.29 is 8.42 Å². The summed E-state index contributed by atoms with van der Waals surface area (Å²) < 4.78 is 26.6. The predicted octanol–water partition coefficient (Wildman–Crippen LogP) is 2.39. The molecular formula is C14H22N2O2S. The van der Waals surface area contributed by atoms with Gasteiger partial charge < -0.3 is 5.73 Å². The molecule has 0 aliphatic carbocycles. The molecule has 0 radical (unpaired) electrons. The smallest absolute Gasteiger partial charge is 0.243 e. The Balaban J connectivity index is 2.21. The van der Waals surface area contributed by atoms with Gasteiger partial charge in [0.1, 0.15) is 0 Å². The van der Waals surface area contributed by atoms with Crippen LogP contribution >= 0.6 is 0 Å². The van der Waals surface area contributed by atoms with Gasteiger partial charge in [-0.15, -0.1) is 0 Å². The molecule has 1 saturated heterocycles. The minimum Gasteiger partial charge on any atom is -0.398 e. The van der Waals surface area contributed by atoms with Crippen LogP contribution < -0.4 is 5.73 Å². The van der Waals surface area contributed by atoms with E-state index in [9.17, 15) is 8.42 Å². The second kappa shape index (κ2) is 5.51. The van der Waals surface area contributed by atoms with E-state index in [4.69, 9.17) is 5.73 Å². The molecule has 4 nitrogen and oxygen atoms in total. The normalized spacial score (nSPS) is 20.8. The highest BCUT2D eigenvalue weighted by atomic mass is 32.2. The molecule has 1 heterocycles. The summed E-state index contributed by atoms with van der Waals surface area (Å²) >= 11 is 0. The van der Waals surface area contributed by atoms with Gasteiger partial charge in [-0.2, -0.15) is 4.31 Å². The van der Waals surface area contributed by atoms with Gasteiger partial charge in [0.2, 0.25) is 10.0 Å². The first-order chi connectivity index (χ1) is 8.95. The van der Waals surface area contributed by atoms with Crippen molar-refractivity contribution in [2.45, 2.75) is 38.0 Å². The van der Waals surface area contributed by atoms with E-state index in [2.05, 4.69) is 6.92 Å². The minimum absolute atomic E-state index is 0.313. The summed E-state index contributed by atoms with van der Waals surface area (Å²) in [6, 6.07) is 4.98. The average molecular weight is 282 g/mol. The molecule has 1 atom stereocenters. The van der Waals surface area contributed by atoms with Crippen molar-refractivity contribution in [2.24, 2.45) is 5.92 Å². The monoisotopic (exact) mass is 282 g/mol. The number of aryl methyl sites for hydroxylation is 1. The summed E-state index contributed by atoms with van der Waals surface area (Å²) in [6.45, 7) is 5.28. The number of rotatable bonds is 4. The van der Waals surface area contributed by atoms with Crippen LogP contribution in [0, 0.1) is 12.8 Å². The van der Waals surface area contributed by atoms with Crippen LogP contribution in [0.4, 0.5) is 5.69 Å². The minimum atomic E-state index is -3.38. The summed E-state index contributed by atoms with van der Waals surface area (Å²) in [5.41, 5.74) is 7.25. The summed E-state index contributed by atoms with van der Waals surface area (Å²) in [5, 5.41) is 0. The predicted molar refractivity (Wildman–Crippen MR) is 77.4 cm³/mol. The van der Waals surface area contributed by atoms with Crippen LogP contribution in [0.2, 0.25) is 0 Å². The van der Waals surface area contributed by atoms with Gasteiger partial charge in [-0.1, -0.05) is 19.4 Å². The quantitative estimate of drug-likeness (QED) is 0.862. The molecule has 1 aromatic rings. The lowest BCUT2D eigenvalue weighted by molar-refractivity contribution is 0.444. The highest BCUT2D eigenvalue weighted by Gasteiger charge is 2.32. The topological polar surface area (TPSA) is 63.4 Å². The molecule has 1 aromatic carbocycles. The average Bonchev–Trinajstić information content (AvgIpc) is 2.82. The number of nitrogens with zero attached hydrogens (tertiary/aromatic N) is 1. The maximum atomic E-state index is 12.5. The number of hydrogen-bond donors (Lipinski definition) is 1. The molecule has 1 fully saturated rings. The highest BCUT2D eigenvalue weighted by Crippen LogP contribution is 2.28. The van der Waals surface area contributed by atoms with Crippen molar-refractivity contribution in [1.82, 2.24) is 4.31 Å². The fourth-order valence-corrected chi connectivity index (χ4v) is 4.15. The van der Waals surface area contributed by atoms with Crippen LogP contribution in [-0.4, -0.2) is 25.8 Å². The maximum Gasteiger partial charge on any atom is 0.243 e. The van der Waals surface area contributed by atoms with Crippen LogP contribution in [0.15, 0.2) is 23.1 Å². The Morgan fingerprint density at radius 1 is 1.42 bits per heavy atom. The Morgan fingerprint density at radius 3 is 2.79 bits per heavy atom. The Bertz CT molecular complexity index is 555. The zero-order valence-electron chi connectivity index (χ0n) is 11.6. The highest BCUT2D eigenvalue weighted by molar-refractivity contribution is 7.89. The molecule has 1 aliphatic rings. The van der Waals surface area contributed by atoms with E-state index >= 15 is 0 Å². The lowest BCUT2D eigenvalue weighted by Gasteiger charge is -2.17. The van der Waals surface area contributed by atoms with Gasteiger partial charge in [0.25, 0.3) is 0 Å². The summed E-state index contributed by atoms with van der Waals surface area (Å²) in [5.74, 6) is 0.502. The van der Waals surface area contributed by atoms with E-state index in [1.54, 1.807) is 22.5 Å². The molecule has 0 amide bonds. The standard InChI is InChI=1S/C14H22N2O2S/c1-3-4-12-7-8-16(10-12)19(17,18)13-6-5-11(2)14(15)9-13/h5-6,9,12H,3-4,7-8,10,15H2,1-2H3. The number of benzene rings is 1. The summed E-state index contributed by atoms with van der Waals surface area (Å²) in [6.07, 6.45) is 3.17. The first-order valence-corrected chi connectivity index (χ1v) is 8.25. The molecule has 19 heavy (non-hydrogen) atoms. The van der Waals surface area contributed by atoms with Gasteiger partial charge in [-0.05, 0) is 43.4 Å². The molecule has 1 unspecified atom stereocenters. The van der Waals surface area contributed by atoms with E-state index in [-0.39, 0.29) is 0 Å². The fourth-order valence-electron chi connectivity index (χ4n) is 2.59. The second-order valence-corrected chi connectivity index (χ2v) is 7.26. The molecular weight excluding hydrogens is 260 g/mol. The van der Waals surface area contributed by atoms with Crippen molar-refractivity contribution in [3.8, 4) is 0 Å². The molecule has 2 rings (SSSR count). The van der Waals surface area contributed by atoms with Crippen LogP contribution in [0.5, 0.6) is 0 Å². The molecule has 0 aromatic heterocycles. The van der Waals surface area contributed by atoms with E-state index in [1.165, 1.54) is 0 Å². The third-order valence-electron chi connectivity index (χ3n) is 3.83. The molecule has 2 N–H and O–H groups in total. The largest absolute Gasteiger partial charge is 0.398 e. The molecule has 5 heteroatoms. The van der Waals surface area contributed by atoms with Gasteiger partial charge >= 0.3 is 0 Å². The molecule has 1 aliphatic heterocycles. The van der Waals surface area contributed by atoms with Gasteiger partial charge in [-0.25, -0.2) is 8.42 Å². The zero-order chi connectivity index (χ0) is 14.0. The molecule has 0 saturated carbocycles. The maximum absolute atomic E-state index is 12.5. The van der Waals surface area contributed by atoms with Crippen LogP contribution in [0.25, 0.3) is 0 Å². The first-order valence-electron chi connectivity index (χ1n) is 6.81. The molecule has 106 valence electrons. The van der Waals surface area contributed by atoms with Crippen LogP contribution in [-0.2, 0) is 10.0 Å². The van der Waals surface area contributed by atoms with E-state index in [1.807, 2.05) is 6.92 Å². The Morgan fingerprint density at radius 2 is 2.16 bits per heavy atom. The van der Waals surface area contributed by atoms with E-state index in [0.717, 1.165) is 24.8 Å².